The molecule has 2 rings (SSSR count). The first kappa shape index (κ1) is 12.6. The summed E-state index contributed by atoms with van der Waals surface area (Å²) in [5, 5.41) is 3.36. The maximum absolute atomic E-state index is 5.73. The third kappa shape index (κ3) is 3.31. The van der Waals surface area contributed by atoms with Crippen LogP contribution >= 0.6 is 0 Å². The Hall–Kier alpha value is -0.840. The maximum atomic E-state index is 5.73. The summed E-state index contributed by atoms with van der Waals surface area (Å²) in [6.45, 7) is 5.85. The summed E-state index contributed by atoms with van der Waals surface area (Å²) < 4.78 is 11.2. The molecule has 0 amide bonds. The van der Waals surface area contributed by atoms with E-state index in [1.807, 2.05) is 12.1 Å². The van der Waals surface area contributed by atoms with Crippen molar-refractivity contribution in [3.8, 4) is 0 Å². The molecule has 0 radical (unpaired) electrons. The zero-order chi connectivity index (χ0) is 12.1. The van der Waals surface area contributed by atoms with Gasteiger partial charge in [0.15, 0.2) is 0 Å². The van der Waals surface area contributed by atoms with E-state index in [4.69, 9.17) is 9.15 Å². The number of ether oxygens (including phenoxy) is 1. The van der Waals surface area contributed by atoms with E-state index in [-0.39, 0.29) is 6.10 Å². The summed E-state index contributed by atoms with van der Waals surface area (Å²) in [6, 6.07) is 4.34. The standard InChI is InChI=1S/C13H22N2O2/c1-3-12(13-5-4-7-17-13)15(2)10-11-9-14-6-8-16-11/h4-5,7,11-12,14H,3,6,8-10H2,1-2H3. The number of morpholine rings is 1. The topological polar surface area (TPSA) is 37.6 Å². The molecule has 4 nitrogen and oxygen atoms in total. The minimum Gasteiger partial charge on any atom is -0.468 e. The zero-order valence-electron chi connectivity index (χ0n) is 10.7. The second-order valence-corrected chi connectivity index (χ2v) is 4.58. The number of hydrogen-bond acceptors (Lipinski definition) is 4. The molecule has 1 aliphatic rings. The van der Waals surface area contributed by atoms with Crippen LogP contribution in [0.15, 0.2) is 22.8 Å². The fourth-order valence-corrected chi connectivity index (χ4v) is 2.40. The van der Waals surface area contributed by atoms with Gasteiger partial charge in [-0.1, -0.05) is 6.92 Å². The van der Waals surface area contributed by atoms with Crippen molar-refractivity contribution in [3.63, 3.8) is 0 Å². The number of likely N-dealkylation sites (N-methyl/N-ethyl adjacent to an activating group) is 1. The first-order valence-corrected chi connectivity index (χ1v) is 6.37. The van der Waals surface area contributed by atoms with Crippen molar-refractivity contribution in [2.24, 2.45) is 0 Å². The Labute approximate surface area is 103 Å². The van der Waals surface area contributed by atoms with Crippen LogP contribution in [-0.4, -0.2) is 44.3 Å². The van der Waals surface area contributed by atoms with Gasteiger partial charge in [0.1, 0.15) is 5.76 Å². The first-order chi connectivity index (χ1) is 8.31. The third-order valence-corrected chi connectivity index (χ3v) is 3.29. The summed E-state index contributed by atoms with van der Waals surface area (Å²) in [7, 11) is 2.13. The van der Waals surface area contributed by atoms with Gasteiger partial charge in [-0.15, -0.1) is 0 Å². The Morgan fingerprint density at radius 3 is 3.06 bits per heavy atom. The SMILES string of the molecule is CCC(c1ccco1)N(C)CC1CNCCO1. The van der Waals surface area contributed by atoms with Crippen LogP contribution in [0.3, 0.4) is 0 Å². The highest BCUT2D eigenvalue weighted by molar-refractivity contribution is 5.04. The molecule has 1 saturated heterocycles. The lowest BCUT2D eigenvalue weighted by Gasteiger charge is -2.31. The molecule has 0 aliphatic carbocycles. The van der Waals surface area contributed by atoms with Gasteiger partial charge in [-0.2, -0.15) is 0 Å². The number of nitrogens with one attached hydrogen (secondary N) is 1. The van der Waals surface area contributed by atoms with Gasteiger partial charge in [0.05, 0.1) is 25.0 Å². The lowest BCUT2D eigenvalue weighted by Crippen LogP contribution is -2.45. The van der Waals surface area contributed by atoms with Crippen LogP contribution in [0.25, 0.3) is 0 Å². The Bertz CT molecular complexity index is 307. The molecule has 2 unspecified atom stereocenters. The fourth-order valence-electron chi connectivity index (χ4n) is 2.40. The van der Waals surface area contributed by atoms with Crippen LogP contribution in [0.2, 0.25) is 0 Å². The molecule has 1 aromatic rings. The first-order valence-electron chi connectivity index (χ1n) is 6.37. The number of rotatable bonds is 5. The molecule has 1 aliphatic heterocycles. The number of nitrogens with zero attached hydrogens (tertiary/aromatic N) is 1. The second kappa shape index (κ2) is 6.19. The van der Waals surface area contributed by atoms with Gasteiger partial charge in [0, 0.05) is 19.6 Å². The molecule has 2 heterocycles. The molecular weight excluding hydrogens is 216 g/mol. The van der Waals surface area contributed by atoms with Crippen LogP contribution in [0.4, 0.5) is 0 Å². The lowest BCUT2D eigenvalue weighted by atomic mass is 10.1. The monoisotopic (exact) mass is 238 g/mol. The van der Waals surface area contributed by atoms with Crippen molar-refractivity contribution in [3.05, 3.63) is 24.2 Å². The zero-order valence-corrected chi connectivity index (χ0v) is 10.7. The molecule has 0 aromatic carbocycles. The average molecular weight is 238 g/mol. The molecule has 1 fully saturated rings. The van der Waals surface area contributed by atoms with Gasteiger partial charge >= 0.3 is 0 Å². The van der Waals surface area contributed by atoms with E-state index in [0.717, 1.165) is 38.4 Å². The van der Waals surface area contributed by atoms with E-state index >= 15 is 0 Å². The van der Waals surface area contributed by atoms with Gasteiger partial charge in [-0.25, -0.2) is 0 Å². The molecule has 0 saturated carbocycles. The maximum Gasteiger partial charge on any atom is 0.120 e. The van der Waals surface area contributed by atoms with Crippen molar-refractivity contribution in [1.29, 1.82) is 0 Å². The van der Waals surface area contributed by atoms with Crippen molar-refractivity contribution in [2.45, 2.75) is 25.5 Å². The van der Waals surface area contributed by atoms with E-state index in [2.05, 4.69) is 24.2 Å². The van der Waals surface area contributed by atoms with Gasteiger partial charge < -0.3 is 14.5 Å². The van der Waals surface area contributed by atoms with Crippen LogP contribution in [-0.2, 0) is 4.74 Å². The van der Waals surface area contributed by atoms with Gasteiger partial charge in [0.25, 0.3) is 0 Å². The smallest absolute Gasteiger partial charge is 0.120 e. The predicted octanol–water partition coefficient (Wildman–Crippen LogP) is 1.65. The molecular formula is C13H22N2O2. The quantitative estimate of drug-likeness (QED) is 0.846. The van der Waals surface area contributed by atoms with Crippen molar-refractivity contribution in [2.75, 3.05) is 33.3 Å². The minimum absolute atomic E-state index is 0.290. The average Bonchev–Trinajstić information content (AvgIpc) is 2.85. The normalized spacial score (nSPS) is 22.9. The van der Waals surface area contributed by atoms with Crippen LogP contribution in [0.5, 0.6) is 0 Å². The Morgan fingerprint density at radius 1 is 1.59 bits per heavy atom. The molecule has 0 spiro atoms. The summed E-state index contributed by atoms with van der Waals surface area (Å²) in [5.41, 5.74) is 0. The number of hydrogen-bond donors (Lipinski definition) is 1. The fraction of sp³-hybridized carbons (Fsp3) is 0.692. The highest BCUT2D eigenvalue weighted by Crippen LogP contribution is 2.23. The van der Waals surface area contributed by atoms with Crippen molar-refractivity contribution in [1.82, 2.24) is 10.2 Å². The van der Waals surface area contributed by atoms with Gasteiger partial charge in [-0.3, -0.25) is 4.90 Å². The Kier molecular flexibility index (Phi) is 4.59. The molecule has 0 bridgehead atoms. The highest BCUT2D eigenvalue weighted by Gasteiger charge is 2.22. The Balaban J connectivity index is 1.90. The van der Waals surface area contributed by atoms with Crippen LogP contribution < -0.4 is 5.32 Å². The van der Waals surface area contributed by atoms with E-state index in [0.29, 0.717) is 6.04 Å². The molecule has 96 valence electrons. The summed E-state index contributed by atoms with van der Waals surface area (Å²) >= 11 is 0. The van der Waals surface area contributed by atoms with Crippen LogP contribution in [0.1, 0.15) is 25.1 Å². The predicted molar refractivity (Wildman–Crippen MR) is 67.0 cm³/mol. The minimum atomic E-state index is 0.290. The molecule has 1 aromatic heterocycles. The molecule has 2 atom stereocenters. The molecule has 17 heavy (non-hydrogen) atoms. The van der Waals surface area contributed by atoms with Crippen molar-refractivity contribution < 1.29 is 9.15 Å². The van der Waals surface area contributed by atoms with Gasteiger partial charge in [-0.05, 0) is 25.6 Å². The highest BCUT2D eigenvalue weighted by atomic mass is 16.5. The molecule has 1 N–H and O–H groups in total. The second-order valence-electron chi connectivity index (χ2n) is 4.58. The van der Waals surface area contributed by atoms with Gasteiger partial charge in [0.2, 0.25) is 0 Å². The van der Waals surface area contributed by atoms with E-state index < -0.39 is 0 Å². The van der Waals surface area contributed by atoms with E-state index in [1.165, 1.54) is 0 Å². The summed E-state index contributed by atoms with van der Waals surface area (Å²) in [4.78, 5) is 2.32. The van der Waals surface area contributed by atoms with E-state index in [1.54, 1.807) is 6.26 Å². The van der Waals surface area contributed by atoms with E-state index in [9.17, 15) is 0 Å². The summed E-state index contributed by atoms with van der Waals surface area (Å²) in [6.07, 6.45) is 3.08. The largest absolute Gasteiger partial charge is 0.468 e. The van der Waals surface area contributed by atoms with Crippen molar-refractivity contribution >= 4 is 0 Å². The third-order valence-electron chi connectivity index (χ3n) is 3.29. The Morgan fingerprint density at radius 2 is 2.47 bits per heavy atom. The van der Waals surface area contributed by atoms with Crippen LogP contribution in [0, 0.1) is 0 Å². The number of furan rings is 1. The lowest BCUT2D eigenvalue weighted by molar-refractivity contribution is 0.000589. The summed E-state index contributed by atoms with van der Waals surface area (Å²) in [5.74, 6) is 1.04. The molecule has 4 heteroatoms.